The van der Waals surface area contributed by atoms with Gasteiger partial charge in [-0.3, -0.25) is 4.68 Å². The Kier molecular flexibility index (Phi) is 5.90. The van der Waals surface area contributed by atoms with E-state index in [-0.39, 0.29) is 18.1 Å². The van der Waals surface area contributed by atoms with Crippen LogP contribution in [0.15, 0.2) is 53.4 Å². The molecule has 0 aliphatic carbocycles. The van der Waals surface area contributed by atoms with E-state index >= 15 is 0 Å². The monoisotopic (exact) mass is 502 g/mol. The third kappa shape index (κ3) is 4.51. The first kappa shape index (κ1) is 23.5. The van der Waals surface area contributed by atoms with Crippen LogP contribution in [0, 0.1) is 11.6 Å². The predicted octanol–water partition coefficient (Wildman–Crippen LogP) is 4.01. The molecule has 186 valence electrons. The number of carbonyl (C=O) groups is 1. The molecule has 0 saturated carbocycles. The van der Waals surface area contributed by atoms with Crippen molar-refractivity contribution in [3.63, 3.8) is 0 Å². The van der Waals surface area contributed by atoms with E-state index < -0.39 is 54.8 Å². The lowest BCUT2D eigenvalue weighted by atomic mass is 9.98. The first-order valence-corrected chi connectivity index (χ1v) is 10.8. The molecular weight excluding hydrogens is 484 g/mol. The Morgan fingerprint density at radius 3 is 2.69 bits per heavy atom. The van der Waals surface area contributed by atoms with Crippen LogP contribution in [-0.2, 0) is 11.3 Å². The Balaban J connectivity index is 1.55. The van der Waals surface area contributed by atoms with Gasteiger partial charge in [-0.1, -0.05) is 23.4 Å². The number of benzene rings is 1. The molecule has 9 nitrogen and oxygen atoms in total. The number of halogens is 4. The van der Waals surface area contributed by atoms with E-state index in [9.17, 15) is 27.5 Å². The van der Waals surface area contributed by atoms with E-state index in [0.29, 0.717) is 17.0 Å². The van der Waals surface area contributed by atoms with Crippen LogP contribution in [0.3, 0.4) is 0 Å². The van der Waals surface area contributed by atoms with Gasteiger partial charge in [0.1, 0.15) is 29.5 Å². The fraction of sp³-hybridized carbons (Fsp3) is 0.261. The molecule has 5 rings (SSSR count). The van der Waals surface area contributed by atoms with Crippen LogP contribution in [-0.4, -0.2) is 54.5 Å². The Bertz CT molecular complexity index is 1410. The number of carboxylic acids is 1. The molecule has 36 heavy (non-hydrogen) atoms. The number of aromatic nitrogens is 5. The number of piperidine rings is 1. The van der Waals surface area contributed by atoms with Crippen LogP contribution in [0.1, 0.15) is 18.4 Å². The molecule has 1 fully saturated rings. The summed E-state index contributed by atoms with van der Waals surface area (Å²) in [4.78, 5) is 20.8. The minimum absolute atomic E-state index is 0.0191. The van der Waals surface area contributed by atoms with E-state index in [4.69, 9.17) is 4.52 Å². The van der Waals surface area contributed by atoms with Crippen molar-refractivity contribution in [2.24, 2.45) is 0 Å². The van der Waals surface area contributed by atoms with Crippen molar-refractivity contribution >= 4 is 11.8 Å². The highest BCUT2D eigenvalue weighted by atomic mass is 19.3. The molecule has 1 saturated heterocycles. The summed E-state index contributed by atoms with van der Waals surface area (Å²) in [5, 5.41) is 17.8. The third-order valence-corrected chi connectivity index (χ3v) is 5.86. The van der Waals surface area contributed by atoms with Gasteiger partial charge < -0.3 is 14.5 Å². The Morgan fingerprint density at radius 2 is 1.97 bits per heavy atom. The molecule has 1 N–H and O–H groups in total. The summed E-state index contributed by atoms with van der Waals surface area (Å²) in [7, 11) is 0. The molecule has 4 aromatic rings. The quantitative estimate of drug-likeness (QED) is 0.394. The van der Waals surface area contributed by atoms with Crippen LogP contribution >= 0.6 is 0 Å². The second kappa shape index (κ2) is 9.06. The van der Waals surface area contributed by atoms with E-state index in [1.165, 1.54) is 23.1 Å². The van der Waals surface area contributed by atoms with Crippen LogP contribution in [0.4, 0.5) is 23.4 Å². The van der Waals surface area contributed by atoms with Crippen molar-refractivity contribution in [2.45, 2.75) is 31.4 Å². The normalized spacial score (nSPS) is 17.3. The lowest BCUT2D eigenvalue weighted by Gasteiger charge is -2.37. The molecule has 1 aliphatic rings. The van der Waals surface area contributed by atoms with Crippen molar-refractivity contribution in [1.29, 1.82) is 0 Å². The molecule has 13 heteroatoms. The summed E-state index contributed by atoms with van der Waals surface area (Å²) in [6, 6.07) is 7.57. The van der Waals surface area contributed by atoms with Crippen LogP contribution in [0.2, 0.25) is 0 Å². The first-order valence-electron chi connectivity index (χ1n) is 10.8. The van der Waals surface area contributed by atoms with Gasteiger partial charge in [0, 0.05) is 31.0 Å². The molecule has 0 bridgehead atoms. The van der Waals surface area contributed by atoms with Crippen LogP contribution < -0.4 is 4.90 Å². The van der Waals surface area contributed by atoms with Gasteiger partial charge in [0.15, 0.2) is 17.5 Å². The fourth-order valence-corrected chi connectivity index (χ4v) is 4.08. The van der Waals surface area contributed by atoms with Gasteiger partial charge in [0.05, 0.1) is 18.4 Å². The average Bonchev–Trinajstić information content (AvgIpc) is 3.51. The highest BCUT2D eigenvalue weighted by molar-refractivity contribution is 5.78. The lowest BCUT2D eigenvalue weighted by Crippen LogP contribution is -2.51. The summed E-state index contributed by atoms with van der Waals surface area (Å²) in [6.07, 6.45) is 0.549. The smallest absolute Gasteiger partial charge is 0.326 e. The zero-order valence-electron chi connectivity index (χ0n) is 18.5. The maximum atomic E-state index is 14.7. The molecule has 1 unspecified atom stereocenters. The number of hydrogen-bond donors (Lipinski definition) is 1. The molecule has 0 radical (unpaired) electrons. The second-order valence-corrected chi connectivity index (χ2v) is 8.27. The molecular formula is C23H18F4N6O3. The Morgan fingerprint density at radius 1 is 1.17 bits per heavy atom. The van der Waals surface area contributed by atoms with Crippen molar-refractivity contribution in [2.75, 3.05) is 11.4 Å². The molecule has 0 spiro atoms. The van der Waals surface area contributed by atoms with Gasteiger partial charge in [-0.15, -0.1) is 0 Å². The van der Waals surface area contributed by atoms with Gasteiger partial charge in [-0.2, -0.15) is 5.10 Å². The summed E-state index contributed by atoms with van der Waals surface area (Å²) >= 11 is 0. The zero-order chi connectivity index (χ0) is 25.4. The highest BCUT2D eigenvalue weighted by Gasteiger charge is 2.45. The Labute approximate surface area is 201 Å². The number of rotatable bonds is 6. The molecule has 0 amide bonds. The van der Waals surface area contributed by atoms with Gasteiger partial charge in [0.25, 0.3) is 5.92 Å². The number of alkyl halides is 2. The molecule has 1 atom stereocenters. The SMILES string of the molecule is O=C(O)C1CC(F)(F)CCN1c1nc(-c2cc(-c3ccon3)n(Cc3ccccc3F)n2)ncc1F. The maximum Gasteiger partial charge on any atom is 0.326 e. The lowest BCUT2D eigenvalue weighted by molar-refractivity contribution is -0.143. The summed E-state index contributed by atoms with van der Waals surface area (Å²) in [6.45, 7) is -0.394. The number of hydrogen-bond acceptors (Lipinski definition) is 7. The van der Waals surface area contributed by atoms with Gasteiger partial charge in [0.2, 0.25) is 0 Å². The zero-order valence-corrected chi connectivity index (χ0v) is 18.5. The minimum atomic E-state index is -3.19. The highest BCUT2D eigenvalue weighted by Crippen LogP contribution is 2.35. The largest absolute Gasteiger partial charge is 0.480 e. The van der Waals surface area contributed by atoms with Crippen molar-refractivity contribution in [3.05, 3.63) is 66.1 Å². The topological polar surface area (TPSA) is 110 Å². The summed E-state index contributed by atoms with van der Waals surface area (Å²) in [5.41, 5.74) is 1.31. The minimum Gasteiger partial charge on any atom is -0.480 e. The van der Waals surface area contributed by atoms with Gasteiger partial charge >= 0.3 is 5.97 Å². The number of carboxylic acid groups (broad SMARTS) is 1. The number of aliphatic carboxylic acids is 1. The van der Waals surface area contributed by atoms with Crippen molar-refractivity contribution in [3.8, 4) is 22.9 Å². The Hall–Kier alpha value is -4.29. The molecule has 3 aromatic heterocycles. The van der Waals surface area contributed by atoms with Crippen molar-refractivity contribution in [1.82, 2.24) is 24.9 Å². The van der Waals surface area contributed by atoms with Crippen LogP contribution in [0.5, 0.6) is 0 Å². The third-order valence-electron chi connectivity index (χ3n) is 5.86. The van der Waals surface area contributed by atoms with Gasteiger partial charge in [-0.05, 0) is 12.1 Å². The van der Waals surface area contributed by atoms with Gasteiger partial charge in [-0.25, -0.2) is 32.3 Å². The standard InChI is InChI=1S/C23H18F4N6O3/c24-14-4-2-1-3-13(14)12-33-18(16-5-8-36-31-16)9-17(30-33)20-28-11-15(25)21(29-20)32-7-6-23(26,27)10-19(32)22(34)35/h1-5,8-9,11,19H,6-7,10,12H2,(H,34,35). The average molecular weight is 502 g/mol. The van der Waals surface area contributed by atoms with Crippen LogP contribution in [0.25, 0.3) is 22.9 Å². The van der Waals surface area contributed by atoms with E-state index in [2.05, 4.69) is 20.2 Å². The van der Waals surface area contributed by atoms with Crippen molar-refractivity contribution < 1.29 is 32.0 Å². The fourth-order valence-electron chi connectivity index (χ4n) is 4.08. The summed E-state index contributed by atoms with van der Waals surface area (Å²) in [5.74, 6) is -6.61. The summed E-state index contributed by atoms with van der Waals surface area (Å²) < 4.78 is 63.1. The molecule has 1 aromatic carbocycles. The maximum absolute atomic E-state index is 14.7. The first-order chi connectivity index (χ1) is 17.2. The molecule has 4 heterocycles. The molecule has 1 aliphatic heterocycles. The van der Waals surface area contributed by atoms with E-state index in [1.54, 1.807) is 24.3 Å². The van der Waals surface area contributed by atoms with E-state index in [1.807, 2.05) is 0 Å². The predicted molar refractivity (Wildman–Crippen MR) is 117 cm³/mol. The number of nitrogens with zero attached hydrogens (tertiary/aromatic N) is 6. The van der Waals surface area contributed by atoms with E-state index in [0.717, 1.165) is 11.1 Å². The second-order valence-electron chi connectivity index (χ2n) is 8.27. The number of anilines is 1.